The van der Waals surface area contributed by atoms with Gasteiger partial charge in [0.15, 0.2) is 4.90 Å². The lowest BCUT2D eigenvalue weighted by atomic mass is 10.0. The fourth-order valence-corrected chi connectivity index (χ4v) is 4.61. The number of nitrogens with zero attached hydrogens (tertiary/aromatic N) is 2. The summed E-state index contributed by atoms with van der Waals surface area (Å²) in [4.78, 5) is 10.2. The summed E-state index contributed by atoms with van der Waals surface area (Å²) in [6, 6.07) is 5.30. The van der Waals surface area contributed by atoms with Gasteiger partial charge in [-0.15, -0.1) is 0 Å². The first-order valence-corrected chi connectivity index (χ1v) is 8.38. The van der Waals surface area contributed by atoms with E-state index in [4.69, 9.17) is 5.73 Å². The molecular weight excluding hydrogens is 294 g/mol. The summed E-state index contributed by atoms with van der Waals surface area (Å²) in [6.07, 6.45) is 3.03. The number of para-hydroxylation sites is 1. The van der Waals surface area contributed by atoms with Gasteiger partial charge < -0.3 is 5.73 Å². The van der Waals surface area contributed by atoms with Crippen molar-refractivity contribution in [2.75, 3.05) is 13.1 Å². The Morgan fingerprint density at radius 1 is 1.33 bits per heavy atom. The predicted octanol–water partition coefficient (Wildman–Crippen LogP) is 1.49. The SMILES string of the molecule is NCCC1CCCCN1S(=O)(=O)c1ccccc1[N+](=O)[O-]. The van der Waals surface area contributed by atoms with Gasteiger partial charge in [-0.3, -0.25) is 10.1 Å². The molecule has 21 heavy (non-hydrogen) atoms. The van der Waals surface area contributed by atoms with E-state index in [1.54, 1.807) is 0 Å². The lowest BCUT2D eigenvalue weighted by Crippen LogP contribution is -2.44. The maximum Gasteiger partial charge on any atom is 0.289 e. The van der Waals surface area contributed by atoms with Crippen LogP contribution in [0.1, 0.15) is 25.7 Å². The van der Waals surface area contributed by atoms with E-state index < -0.39 is 14.9 Å². The number of hydrogen-bond acceptors (Lipinski definition) is 5. The number of hydrogen-bond donors (Lipinski definition) is 1. The van der Waals surface area contributed by atoms with E-state index in [1.807, 2.05) is 0 Å². The highest BCUT2D eigenvalue weighted by atomic mass is 32.2. The zero-order valence-corrected chi connectivity index (χ0v) is 12.5. The van der Waals surface area contributed by atoms with Crippen molar-refractivity contribution in [1.82, 2.24) is 4.31 Å². The number of nitro groups is 1. The number of nitro benzene ring substituents is 1. The van der Waals surface area contributed by atoms with Crippen LogP contribution < -0.4 is 5.73 Å². The molecule has 0 aliphatic carbocycles. The fourth-order valence-electron chi connectivity index (χ4n) is 2.72. The van der Waals surface area contributed by atoms with Crippen molar-refractivity contribution in [2.45, 2.75) is 36.6 Å². The van der Waals surface area contributed by atoms with Gasteiger partial charge in [-0.25, -0.2) is 8.42 Å². The summed E-state index contributed by atoms with van der Waals surface area (Å²) in [5, 5.41) is 11.1. The molecule has 7 nitrogen and oxygen atoms in total. The Bertz CT molecular complexity index is 616. The molecule has 1 aromatic carbocycles. The molecule has 1 aromatic rings. The Balaban J connectivity index is 2.43. The summed E-state index contributed by atoms with van der Waals surface area (Å²) >= 11 is 0. The molecule has 0 amide bonds. The second-order valence-corrected chi connectivity index (χ2v) is 6.93. The zero-order chi connectivity index (χ0) is 15.5. The van der Waals surface area contributed by atoms with E-state index in [0.29, 0.717) is 19.5 Å². The van der Waals surface area contributed by atoms with Crippen LogP contribution in [0, 0.1) is 10.1 Å². The highest BCUT2D eigenvalue weighted by Gasteiger charge is 2.36. The maximum absolute atomic E-state index is 12.8. The largest absolute Gasteiger partial charge is 0.330 e. The van der Waals surface area contributed by atoms with Crippen molar-refractivity contribution in [3.8, 4) is 0 Å². The molecule has 2 rings (SSSR count). The van der Waals surface area contributed by atoms with Gasteiger partial charge in [0.05, 0.1) is 4.92 Å². The number of nitrogens with two attached hydrogens (primary N) is 1. The van der Waals surface area contributed by atoms with E-state index in [9.17, 15) is 18.5 Å². The molecule has 116 valence electrons. The highest BCUT2D eigenvalue weighted by molar-refractivity contribution is 7.89. The van der Waals surface area contributed by atoms with Crippen molar-refractivity contribution in [1.29, 1.82) is 0 Å². The summed E-state index contributed by atoms with van der Waals surface area (Å²) in [6.45, 7) is 0.784. The molecule has 2 N–H and O–H groups in total. The Kier molecular flexibility index (Phi) is 4.92. The lowest BCUT2D eigenvalue weighted by molar-refractivity contribution is -0.387. The molecule has 1 unspecified atom stereocenters. The van der Waals surface area contributed by atoms with Gasteiger partial charge in [0.2, 0.25) is 10.0 Å². The quantitative estimate of drug-likeness (QED) is 0.654. The van der Waals surface area contributed by atoms with Crippen LogP contribution in [-0.2, 0) is 10.0 Å². The monoisotopic (exact) mass is 313 g/mol. The Hall–Kier alpha value is -1.51. The third-order valence-electron chi connectivity index (χ3n) is 3.72. The number of piperidine rings is 1. The van der Waals surface area contributed by atoms with Crippen molar-refractivity contribution in [3.63, 3.8) is 0 Å². The molecule has 1 fully saturated rings. The molecule has 1 atom stereocenters. The fraction of sp³-hybridized carbons (Fsp3) is 0.538. The van der Waals surface area contributed by atoms with Gasteiger partial charge >= 0.3 is 0 Å². The standard InChI is InChI=1S/C13H19N3O4S/c14-9-8-11-5-3-4-10-15(11)21(19,20)13-7-2-1-6-12(13)16(17)18/h1-2,6-7,11H,3-5,8-10,14H2. The van der Waals surface area contributed by atoms with Crippen LogP contribution in [0.15, 0.2) is 29.2 Å². The Morgan fingerprint density at radius 2 is 2.05 bits per heavy atom. The van der Waals surface area contributed by atoms with Crippen molar-refractivity contribution < 1.29 is 13.3 Å². The minimum Gasteiger partial charge on any atom is -0.330 e. The summed E-state index contributed by atoms with van der Waals surface area (Å²) in [5.41, 5.74) is 5.17. The van der Waals surface area contributed by atoms with E-state index in [0.717, 1.165) is 19.3 Å². The van der Waals surface area contributed by atoms with Crippen LogP contribution in [0.5, 0.6) is 0 Å². The average Bonchev–Trinajstić information content (AvgIpc) is 2.48. The highest BCUT2D eigenvalue weighted by Crippen LogP contribution is 2.31. The van der Waals surface area contributed by atoms with Gasteiger partial charge in [0.25, 0.3) is 5.69 Å². The predicted molar refractivity (Wildman–Crippen MR) is 78.3 cm³/mol. The van der Waals surface area contributed by atoms with Crippen LogP contribution in [0.4, 0.5) is 5.69 Å². The van der Waals surface area contributed by atoms with E-state index in [-0.39, 0.29) is 16.6 Å². The minimum atomic E-state index is -3.87. The van der Waals surface area contributed by atoms with Gasteiger partial charge in [0, 0.05) is 18.7 Å². The van der Waals surface area contributed by atoms with Gasteiger partial charge in [-0.1, -0.05) is 18.6 Å². The molecule has 0 saturated carbocycles. The maximum atomic E-state index is 12.8. The zero-order valence-electron chi connectivity index (χ0n) is 11.6. The average molecular weight is 313 g/mol. The molecule has 1 aliphatic rings. The molecular formula is C13H19N3O4S. The van der Waals surface area contributed by atoms with Gasteiger partial charge in [-0.05, 0) is 31.9 Å². The van der Waals surface area contributed by atoms with Crippen LogP contribution in [0.25, 0.3) is 0 Å². The first-order chi connectivity index (χ1) is 9.98. The second kappa shape index (κ2) is 6.50. The molecule has 0 aromatic heterocycles. The molecule has 1 saturated heterocycles. The van der Waals surface area contributed by atoms with E-state index in [1.165, 1.54) is 28.6 Å². The van der Waals surface area contributed by atoms with Crippen LogP contribution in [0.3, 0.4) is 0 Å². The first kappa shape index (κ1) is 15.9. The number of benzene rings is 1. The van der Waals surface area contributed by atoms with Crippen LogP contribution in [0.2, 0.25) is 0 Å². The smallest absolute Gasteiger partial charge is 0.289 e. The lowest BCUT2D eigenvalue weighted by Gasteiger charge is -2.34. The molecule has 8 heteroatoms. The Labute approximate surface area is 123 Å². The Morgan fingerprint density at radius 3 is 2.71 bits per heavy atom. The molecule has 1 aliphatic heterocycles. The van der Waals surface area contributed by atoms with Crippen molar-refractivity contribution in [3.05, 3.63) is 34.4 Å². The first-order valence-electron chi connectivity index (χ1n) is 6.94. The third kappa shape index (κ3) is 3.22. The normalized spacial score (nSPS) is 20.3. The summed E-state index contributed by atoms with van der Waals surface area (Å²) in [5.74, 6) is 0. The van der Waals surface area contributed by atoms with Crippen molar-refractivity contribution in [2.24, 2.45) is 5.73 Å². The molecule has 0 spiro atoms. The molecule has 0 radical (unpaired) electrons. The number of sulfonamides is 1. The van der Waals surface area contributed by atoms with Crippen LogP contribution >= 0.6 is 0 Å². The van der Waals surface area contributed by atoms with E-state index in [2.05, 4.69) is 0 Å². The summed E-state index contributed by atoms with van der Waals surface area (Å²) < 4.78 is 26.9. The number of rotatable bonds is 5. The second-order valence-electron chi connectivity index (χ2n) is 5.07. The third-order valence-corrected chi connectivity index (χ3v) is 5.72. The summed E-state index contributed by atoms with van der Waals surface area (Å²) in [7, 11) is -3.87. The van der Waals surface area contributed by atoms with Crippen molar-refractivity contribution >= 4 is 15.7 Å². The topological polar surface area (TPSA) is 107 Å². The molecule has 0 bridgehead atoms. The van der Waals surface area contributed by atoms with E-state index >= 15 is 0 Å². The minimum absolute atomic E-state index is 0.173. The van der Waals surface area contributed by atoms with Crippen LogP contribution in [-0.4, -0.2) is 36.8 Å². The molecule has 1 heterocycles. The van der Waals surface area contributed by atoms with Gasteiger partial charge in [0.1, 0.15) is 0 Å². The van der Waals surface area contributed by atoms with Gasteiger partial charge in [-0.2, -0.15) is 4.31 Å².